The Morgan fingerprint density at radius 1 is 0.981 bits per heavy atom. The van der Waals surface area contributed by atoms with Crippen molar-refractivity contribution in [3.63, 3.8) is 0 Å². The molecular formula is C41H58N6O6S. The molecule has 0 bridgehead atoms. The van der Waals surface area contributed by atoms with Crippen LogP contribution in [0.2, 0.25) is 0 Å². The minimum Gasteiger partial charge on any atom is -0.391 e. The number of β-amino-alcohol motifs (C(OH)–C–C–N with tert-alkyl or cyclic N) is 1. The number of carbonyl (C=O) groups is 5. The van der Waals surface area contributed by atoms with Crippen LogP contribution in [0.25, 0.3) is 10.4 Å². The van der Waals surface area contributed by atoms with Gasteiger partial charge in [0.15, 0.2) is 0 Å². The van der Waals surface area contributed by atoms with Crippen LogP contribution < -0.4 is 21.7 Å². The maximum atomic E-state index is 13.9. The Morgan fingerprint density at radius 2 is 1.69 bits per heavy atom. The number of unbranched alkanes of at least 4 members (excludes halogenated alkanes) is 2. The van der Waals surface area contributed by atoms with Gasteiger partial charge in [0.25, 0.3) is 0 Å². The molecule has 0 unspecified atom stereocenters. The van der Waals surface area contributed by atoms with Gasteiger partial charge >= 0.3 is 0 Å². The van der Waals surface area contributed by atoms with Crippen molar-refractivity contribution in [1.82, 2.24) is 25.8 Å². The molecule has 1 aliphatic rings. The van der Waals surface area contributed by atoms with Crippen LogP contribution in [-0.2, 0) is 43.5 Å². The minimum absolute atomic E-state index is 0. The van der Waals surface area contributed by atoms with Crippen LogP contribution in [0.5, 0.6) is 0 Å². The van der Waals surface area contributed by atoms with E-state index in [1.54, 1.807) is 18.3 Å². The number of aromatic nitrogens is 1. The highest BCUT2D eigenvalue weighted by molar-refractivity contribution is 7.13. The average Bonchev–Trinajstić information content (AvgIpc) is 3.75. The molecule has 4 rings (SSSR count). The molecule has 1 aliphatic heterocycles. The first-order chi connectivity index (χ1) is 25.6. The van der Waals surface area contributed by atoms with Gasteiger partial charge in [-0.25, -0.2) is 4.98 Å². The number of nitrogens with one attached hydrogen (secondary N) is 3. The van der Waals surface area contributed by atoms with Crippen LogP contribution in [-0.4, -0.2) is 69.3 Å². The summed E-state index contributed by atoms with van der Waals surface area (Å²) in [7, 11) is 0. The van der Waals surface area contributed by atoms with Crippen LogP contribution in [0.1, 0.15) is 96.5 Å². The molecular weight excluding hydrogens is 705 g/mol. The molecule has 0 aliphatic carbocycles. The number of aliphatic hydroxyl groups is 1. The lowest BCUT2D eigenvalue weighted by atomic mass is 9.85. The van der Waals surface area contributed by atoms with Crippen molar-refractivity contribution in [2.75, 3.05) is 6.54 Å². The first-order valence-corrected chi connectivity index (χ1v) is 19.7. The highest BCUT2D eigenvalue weighted by atomic mass is 32.1. The van der Waals surface area contributed by atoms with E-state index in [4.69, 9.17) is 5.73 Å². The Labute approximate surface area is 324 Å². The van der Waals surface area contributed by atoms with E-state index in [2.05, 4.69) is 27.0 Å². The van der Waals surface area contributed by atoms with E-state index in [0.29, 0.717) is 19.4 Å². The zero-order valence-electron chi connectivity index (χ0n) is 32.2. The molecule has 294 valence electrons. The Balaban J connectivity index is 0.00000812. The van der Waals surface area contributed by atoms with Crippen LogP contribution in [0.15, 0.2) is 54.0 Å². The average molecular weight is 763 g/mol. The number of rotatable bonds is 18. The summed E-state index contributed by atoms with van der Waals surface area (Å²) < 4.78 is 0. The van der Waals surface area contributed by atoms with E-state index in [1.165, 1.54) is 4.90 Å². The topological polar surface area (TPSA) is 184 Å². The van der Waals surface area contributed by atoms with Gasteiger partial charge in [0.2, 0.25) is 29.5 Å². The number of thiazole rings is 1. The first kappa shape index (κ1) is 42.1. The highest BCUT2D eigenvalue weighted by Crippen LogP contribution is 2.28. The number of aryl methyl sites for hydroxylation is 2. The van der Waals surface area contributed by atoms with Gasteiger partial charge < -0.3 is 31.7 Å². The molecule has 0 saturated carbocycles. The fraction of sp³-hybridized carbons (Fsp3) is 0.512. The largest absolute Gasteiger partial charge is 0.391 e. The monoisotopic (exact) mass is 762 g/mol. The van der Waals surface area contributed by atoms with E-state index >= 15 is 0 Å². The van der Waals surface area contributed by atoms with Crippen molar-refractivity contribution in [2.24, 2.45) is 17.1 Å². The molecule has 6 N–H and O–H groups in total. The Bertz CT molecular complexity index is 1760. The lowest BCUT2D eigenvalue weighted by Gasteiger charge is -2.35. The molecule has 1 saturated heterocycles. The van der Waals surface area contributed by atoms with Gasteiger partial charge in [0.1, 0.15) is 12.1 Å². The number of hydrogen-bond acceptors (Lipinski definition) is 8. The lowest BCUT2D eigenvalue weighted by molar-refractivity contribution is -0.144. The predicted octanol–water partition coefficient (Wildman–Crippen LogP) is 4.79. The Morgan fingerprint density at radius 3 is 2.35 bits per heavy atom. The molecule has 0 spiro atoms. The van der Waals surface area contributed by atoms with Crippen LogP contribution in [0, 0.1) is 18.3 Å². The minimum atomic E-state index is -0.872. The number of nitrogens with zero attached hydrogens (tertiary/aromatic N) is 2. The SMILES string of the molecule is Cc1ncsc1-c1ccc(CNC(=O)[C@@H]2C[C@@H](O)CN2C(=O)[C@@H](NC(=O)CCCCCc2cccc(CNC(=O)[C@@H](C)CCC(N)=O)c2)C(C)(C)C)cc1.[HH]. The number of carbonyl (C=O) groups excluding carboxylic acids is 5. The van der Waals surface area contributed by atoms with E-state index in [1.807, 2.05) is 75.7 Å². The standard InChI is InChI=1S/C41H56N6O6S.H2/c1-26(14-19-34(42)49)38(51)43-23-30-12-9-11-28(20-30)10-7-6-8-13-35(50)46-37(41(3,4)5)40(53)47-24-32(48)21-33(47)39(52)44-22-29-15-17-31(18-16-29)36-27(2)45-25-54-36;/h9,11-12,15-18,20,25-26,32-33,37,48H,6-8,10,13-14,19,21-24H2,1-5H3,(H2,42,49)(H,43,51)(H,44,52)(H,46,50);1H/t26-,32+,33-,37+;/m0./s1. The van der Waals surface area contributed by atoms with Crippen molar-refractivity contribution in [2.45, 2.75) is 117 Å². The molecule has 4 atom stereocenters. The first-order valence-electron chi connectivity index (χ1n) is 18.8. The summed E-state index contributed by atoms with van der Waals surface area (Å²) in [6.07, 6.45) is 3.29. The maximum Gasteiger partial charge on any atom is 0.246 e. The zero-order chi connectivity index (χ0) is 39.4. The predicted molar refractivity (Wildman–Crippen MR) is 212 cm³/mol. The number of likely N-dealkylation sites (tertiary alicyclic amines) is 1. The van der Waals surface area contributed by atoms with E-state index in [0.717, 1.165) is 52.1 Å². The third kappa shape index (κ3) is 12.5. The summed E-state index contributed by atoms with van der Waals surface area (Å²) in [6.45, 7) is 10.1. The third-order valence-corrected chi connectivity index (χ3v) is 10.8. The third-order valence-electron chi connectivity index (χ3n) is 9.81. The molecule has 2 aromatic carbocycles. The van der Waals surface area contributed by atoms with Gasteiger partial charge in [-0.15, -0.1) is 11.3 Å². The highest BCUT2D eigenvalue weighted by Gasteiger charge is 2.44. The second-order valence-corrected chi connectivity index (χ2v) is 16.3. The van der Waals surface area contributed by atoms with E-state index in [9.17, 15) is 29.1 Å². The molecule has 54 heavy (non-hydrogen) atoms. The summed E-state index contributed by atoms with van der Waals surface area (Å²) in [5, 5.41) is 19.3. The number of primary amides is 1. The molecule has 5 amide bonds. The van der Waals surface area contributed by atoms with Crippen LogP contribution in [0.3, 0.4) is 0 Å². The number of nitrogens with two attached hydrogens (primary N) is 1. The lowest BCUT2D eigenvalue weighted by Crippen LogP contribution is -2.57. The summed E-state index contributed by atoms with van der Waals surface area (Å²) in [6, 6.07) is 14.2. The van der Waals surface area contributed by atoms with Gasteiger partial charge in [-0.2, -0.15) is 0 Å². The van der Waals surface area contributed by atoms with Gasteiger partial charge in [0.05, 0.1) is 22.2 Å². The molecule has 12 nitrogen and oxygen atoms in total. The maximum absolute atomic E-state index is 13.9. The van der Waals surface area contributed by atoms with Crippen molar-refractivity contribution < 1.29 is 30.5 Å². The van der Waals surface area contributed by atoms with Gasteiger partial charge in [-0.3, -0.25) is 24.0 Å². The molecule has 1 fully saturated rings. The molecule has 2 heterocycles. The van der Waals surface area contributed by atoms with Gasteiger partial charge in [0, 0.05) is 46.2 Å². The fourth-order valence-electron chi connectivity index (χ4n) is 6.55. The Kier molecular flexibility index (Phi) is 15.3. The van der Waals surface area contributed by atoms with Crippen LogP contribution in [0.4, 0.5) is 0 Å². The second-order valence-electron chi connectivity index (χ2n) is 15.4. The number of aliphatic hydroxyl groups excluding tert-OH is 1. The van der Waals surface area contributed by atoms with Gasteiger partial charge in [-0.05, 0) is 60.3 Å². The number of benzene rings is 2. The fourth-order valence-corrected chi connectivity index (χ4v) is 7.36. The summed E-state index contributed by atoms with van der Waals surface area (Å²) in [5.74, 6) is -1.79. The van der Waals surface area contributed by atoms with E-state index in [-0.39, 0.29) is 63.3 Å². The molecule has 13 heteroatoms. The summed E-state index contributed by atoms with van der Waals surface area (Å²) >= 11 is 1.58. The zero-order valence-corrected chi connectivity index (χ0v) is 33.0. The second kappa shape index (κ2) is 19.6. The van der Waals surface area contributed by atoms with Crippen molar-refractivity contribution in [3.05, 3.63) is 76.4 Å². The molecule has 1 aromatic heterocycles. The smallest absolute Gasteiger partial charge is 0.246 e. The van der Waals surface area contributed by atoms with Crippen molar-refractivity contribution in [3.8, 4) is 10.4 Å². The normalized spacial score (nSPS) is 16.7. The van der Waals surface area contributed by atoms with Gasteiger partial charge in [-0.1, -0.05) is 82.6 Å². The number of amides is 5. The summed E-state index contributed by atoms with van der Waals surface area (Å²) in [5.41, 5.74) is 11.4. The summed E-state index contributed by atoms with van der Waals surface area (Å²) in [4.78, 5) is 70.7. The van der Waals surface area contributed by atoms with Crippen LogP contribution >= 0.6 is 11.3 Å². The molecule has 3 aromatic rings. The van der Waals surface area contributed by atoms with E-state index < -0.39 is 29.5 Å². The molecule has 0 radical (unpaired) electrons. The Hall–Kier alpha value is -4.62. The van der Waals surface area contributed by atoms with Crippen molar-refractivity contribution in [1.29, 1.82) is 0 Å². The van der Waals surface area contributed by atoms with Crippen molar-refractivity contribution >= 4 is 40.9 Å². The quantitative estimate of drug-likeness (QED) is 0.115. The number of hydrogen-bond donors (Lipinski definition) is 5.